The molecule has 1 rings (SSSR count). The highest BCUT2D eigenvalue weighted by Crippen LogP contribution is 2.19. The number of hydrogen-bond donors (Lipinski definition) is 1. The van der Waals surface area contributed by atoms with Gasteiger partial charge in [-0.05, 0) is 51.6 Å². The molecule has 0 atom stereocenters. The summed E-state index contributed by atoms with van der Waals surface area (Å²) >= 11 is 0. The molecule has 0 bridgehead atoms. The third kappa shape index (κ3) is 6.71. The zero-order valence-corrected chi connectivity index (χ0v) is 13.3. The van der Waals surface area contributed by atoms with E-state index in [1.807, 2.05) is 4.90 Å². The largest absolute Gasteiger partial charge is 0.396 e. The summed E-state index contributed by atoms with van der Waals surface area (Å²) in [6, 6.07) is 0. The fourth-order valence-electron chi connectivity index (χ4n) is 2.87. The van der Waals surface area contributed by atoms with Gasteiger partial charge >= 0.3 is 0 Å². The lowest BCUT2D eigenvalue weighted by Gasteiger charge is -2.34. The molecule has 1 heterocycles. The Hall–Kier alpha value is -0.610. The van der Waals surface area contributed by atoms with Gasteiger partial charge in [-0.3, -0.25) is 4.79 Å². The van der Waals surface area contributed by atoms with Gasteiger partial charge in [0, 0.05) is 32.7 Å². The Morgan fingerprint density at radius 1 is 1.25 bits per heavy atom. The molecule has 1 saturated heterocycles. The Balaban J connectivity index is 2.17. The van der Waals surface area contributed by atoms with E-state index in [0.29, 0.717) is 6.42 Å². The second kappa shape index (κ2) is 10.2. The van der Waals surface area contributed by atoms with Crippen LogP contribution in [0.5, 0.6) is 0 Å². The molecule has 0 saturated carbocycles. The number of rotatable bonds is 9. The van der Waals surface area contributed by atoms with Crippen molar-refractivity contribution in [3.05, 3.63) is 0 Å². The number of piperidine rings is 1. The maximum Gasteiger partial charge on any atom is 0.222 e. The van der Waals surface area contributed by atoms with Gasteiger partial charge < -0.3 is 14.9 Å². The molecule has 0 spiro atoms. The van der Waals surface area contributed by atoms with Gasteiger partial charge in [0.25, 0.3) is 0 Å². The van der Waals surface area contributed by atoms with Gasteiger partial charge in [-0.1, -0.05) is 13.3 Å². The van der Waals surface area contributed by atoms with Crippen LogP contribution >= 0.6 is 0 Å². The van der Waals surface area contributed by atoms with Gasteiger partial charge in [0.2, 0.25) is 5.91 Å². The summed E-state index contributed by atoms with van der Waals surface area (Å²) in [5, 5.41) is 8.74. The van der Waals surface area contributed by atoms with Gasteiger partial charge in [-0.2, -0.15) is 0 Å². The van der Waals surface area contributed by atoms with E-state index in [1.54, 1.807) is 0 Å². The number of hydrogen-bond acceptors (Lipinski definition) is 3. The number of likely N-dealkylation sites (tertiary alicyclic amines) is 1. The molecule has 0 unspecified atom stereocenters. The first-order chi connectivity index (χ1) is 9.67. The van der Waals surface area contributed by atoms with Crippen LogP contribution < -0.4 is 0 Å². The van der Waals surface area contributed by atoms with Crippen molar-refractivity contribution in [2.45, 2.75) is 51.9 Å². The van der Waals surface area contributed by atoms with E-state index in [4.69, 9.17) is 5.11 Å². The average Bonchev–Trinajstić information content (AvgIpc) is 2.46. The minimum atomic E-state index is 0.194. The number of carbonyl (C=O) groups is 1. The lowest BCUT2D eigenvalue weighted by atomic mass is 9.96. The molecule has 20 heavy (non-hydrogen) atoms. The number of carbonyl (C=O) groups excluding carboxylic acids is 1. The van der Waals surface area contributed by atoms with Crippen LogP contribution in [0.4, 0.5) is 0 Å². The molecule has 1 N–H and O–H groups in total. The molecular formula is C16H32N2O2. The maximum atomic E-state index is 12.0. The van der Waals surface area contributed by atoms with Crippen molar-refractivity contribution in [1.82, 2.24) is 9.80 Å². The van der Waals surface area contributed by atoms with E-state index in [2.05, 4.69) is 18.9 Å². The first-order valence-electron chi connectivity index (χ1n) is 8.24. The molecule has 0 radical (unpaired) electrons. The monoisotopic (exact) mass is 284 g/mol. The Bertz CT molecular complexity index is 263. The van der Waals surface area contributed by atoms with E-state index in [1.165, 1.54) is 25.9 Å². The van der Waals surface area contributed by atoms with E-state index < -0.39 is 0 Å². The Morgan fingerprint density at radius 3 is 2.55 bits per heavy atom. The standard InChI is InChI=1S/C16H32N2O2/c1-3-4-10-17(2)14-15-8-11-18(12-9-15)16(20)7-5-6-13-19/h15,19H,3-14H2,1-2H3. The highest BCUT2D eigenvalue weighted by molar-refractivity contribution is 5.76. The average molecular weight is 284 g/mol. The molecule has 1 amide bonds. The Morgan fingerprint density at radius 2 is 1.95 bits per heavy atom. The number of unbranched alkanes of at least 4 members (excludes halogenated alkanes) is 2. The summed E-state index contributed by atoms with van der Waals surface area (Å²) in [5.41, 5.74) is 0. The van der Waals surface area contributed by atoms with Crippen molar-refractivity contribution >= 4 is 5.91 Å². The van der Waals surface area contributed by atoms with Crippen LogP contribution in [0.2, 0.25) is 0 Å². The first-order valence-corrected chi connectivity index (χ1v) is 8.24. The van der Waals surface area contributed by atoms with Crippen LogP contribution in [-0.2, 0) is 4.79 Å². The predicted octanol–water partition coefficient (Wildman–Crippen LogP) is 2.12. The number of aliphatic hydroxyl groups is 1. The zero-order valence-electron chi connectivity index (χ0n) is 13.3. The van der Waals surface area contributed by atoms with E-state index in [0.717, 1.165) is 44.7 Å². The van der Waals surface area contributed by atoms with Crippen LogP contribution in [0, 0.1) is 5.92 Å². The van der Waals surface area contributed by atoms with Gasteiger partial charge in [-0.15, -0.1) is 0 Å². The van der Waals surface area contributed by atoms with Gasteiger partial charge in [0.15, 0.2) is 0 Å². The lowest BCUT2D eigenvalue weighted by molar-refractivity contribution is -0.132. The molecule has 4 heteroatoms. The highest BCUT2D eigenvalue weighted by atomic mass is 16.3. The zero-order chi connectivity index (χ0) is 14.8. The predicted molar refractivity (Wildman–Crippen MR) is 82.6 cm³/mol. The number of aliphatic hydroxyl groups excluding tert-OH is 1. The fraction of sp³-hybridized carbons (Fsp3) is 0.938. The molecule has 0 aromatic heterocycles. The lowest BCUT2D eigenvalue weighted by Crippen LogP contribution is -2.41. The second-order valence-electron chi connectivity index (χ2n) is 6.12. The van der Waals surface area contributed by atoms with Crippen LogP contribution in [0.15, 0.2) is 0 Å². The summed E-state index contributed by atoms with van der Waals surface area (Å²) in [7, 11) is 2.21. The highest BCUT2D eigenvalue weighted by Gasteiger charge is 2.22. The molecule has 1 fully saturated rings. The summed E-state index contributed by atoms with van der Waals surface area (Å²) in [6.45, 7) is 6.63. The minimum Gasteiger partial charge on any atom is -0.396 e. The fourth-order valence-corrected chi connectivity index (χ4v) is 2.87. The van der Waals surface area contributed by atoms with E-state index in [9.17, 15) is 4.79 Å². The molecule has 1 aliphatic rings. The van der Waals surface area contributed by atoms with Crippen molar-refractivity contribution in [1.29, 1.82) is 0 Å². The molecular weight excluding hydrogens is 252 g/mol. The van der Waals surface area contributed by atoms with Crippen molar-refractivity contribution in [3.8, 4) is 0 Å². The van der Waals surface area contributed by atoms with Crippen LogP contribution in [0.25, 0.3) is 0 Å². The molecule has 1 aliphatic heterocycles. The van der Waals surface area contributed by atoms with Crippen LogP contribution in [-0.4, -0.2) is 60.6 Å². The summed E-state index contributed by atoms with van der Waals surface area (Å²) < 4.78 is 0. The van der Waals surface area contributed by atoms with Gasteiger partial charge in [0.1, 0.15) is 0 Å². The Kier molecular flexibility index (Phi) is 8.86. The van der Waals surface area contributed by atoms with Crippen molar-refractivity contribution < 1.29 is 9.90 Å². The summed E-state index contributed by atoms with van der Waals surface area (Å²) in [5.74, 6) is 1.02. The van der Waals surface area contributed by atoms with Crippen LogP contribution in [0.1, 0.15) is 51.9 Å². The quantitative estimate of drug-likeness (QED) is 0.660. The number of nitrogens with zero attached hydrogens (tertiary/aromatic N) is 2. The van der Waals surface area contributed by atoms with E-state index >= 15 is 0 Å². The van der Waals surface area contributed by atoms with Gasteiger partial charge in [-0.25, -0.2) is 0 Å². The van der Waals surface area contributed by atoms with Crippen molar-refractivity contribution in [3.63, 3.8) is 0 Å². The first kappa shape index (κ1) is 17.4. The van der Waals surface area contributed by atoms with E-state index in [-0.39, 0.29) is 12.5 Å². The third-order valence-electron chi connectivity index (χ3n) is 4.23. The summed E-state index contributed by atoms with van der Waals surface area (Å²) in [6.07, 6.45) is 6.97. The van der Waals surface area contributed by atoms with Crippen molar-refractivity contribution in [2.24, 2.45) is 5.92 Å². The van der Waals surface area contributed by atoms with Gasteiger partial charge in [0.05, 0.1) is 0 Å². The summed E-state index contributed by atoms with van der Waals surface area (Å²) in [4.78, 5) is 16.4. The molecule has 118 valence electrons. The number of amides is 1. The molecule has 0 aromatic carbocycles. The molecule has 4 nitrogen and oxygen atoms in total. The Labute approximate surface area is 124 Å². The normalized spacial score (nSPS) is 16.9. The van der Waals surface area contributed by atoms with Crippen LogP contribution in [0.3, 0.4) is 0 Å². The second-order valence-corrected chi connectivity index (χ2v) is 6.12. The van der Waals surface area contributed by atoms with Crippen molar-refractivity contribution in [2.75, 3.05) is 39.8 Å². The SMILES string of the molecule is CCCCN(C)CC1CCN(C(=O)CCCCO)CC1. The smallest absolute Gasteiger partial charge is 0.222 e. The molecule has 0 aromatic rings. The topological polar surface area (TPSA) is 43.8 Å². The molecule has 0 aliphatic carbocycles. The minimum absolute atomic E-state index is 0.194. The third-order valence-corrected chi connectivity index (χ3v) is 4.23. The maximum absolute atomic E-state index is 12.0.